The van der Waals surface area contributed by atoms with Gasteiger partial charge >= 0.3 is 0 Å². The van der Waals surface area contributed by atoms with Crippen LogP contribution in [0.1, 0.15) is 11.1 Å². The van der Waals surface area contributed by atoms with Crippen molar-refractivity contribution in [2.24, 2.45) is 5.10 Å². The second-order valence-corrected chi connectivity index (χ2v) is 6.29. The van der Waals surface area contributed by atoms with E-state index in [-0.39, 0.29) is 18.1 Å². The molecule has 0 spiro atoms. The van der Waals surface area contributed by atoms with Crippen LogP contribution in [-0.4, -0.2) is 29.3 Å². The Morgan fingerprint density at radius 1 is 1.40 bits per heavy atom. The first-order valence-electron chi connectivity index (χ1n) is 7.52. The summed E-state index contributed by atoms with van der Waals surface area (Å²) in [5.74, 6) is 0.0312. The number of carbonyl (C=O) groups excluding carboxylic acids is 1. The summed E-state index contributed by atoms with van der Waals surface area (Å²) in [6, 6.07) is 11.1. The van der Waals surface area contributed by atoms with Crippen LogP contribution in [0.4, 0.5) is 0 Å². The Morgan fingerprint density at radius 3 is 3.00 bits per heavy atom. The monoisotopic (exact) mass is 401 g/mol. The van der Waals surface area contributed by atoms with Gasteiger partial charge in [0.1, 0.15) is 0 Å². The van der Waals surface area contributed by atoms with Crippen molar-refractivity contribution in [3.05, 3.63) is 58.2 Å². The number of hydrazone groups is 1. The maximum absolute atomic E-state index is 12.1. The summed E-state index contributed by atoms with van der Waals surface area (Å²) in [6.07, 6.45) is 3.39. The third-order valence-corrected chi connectivity index (χ3v) is 4.17. The predicted molar refractivity (Wildman–Crippen MR) is 100 cm³/mol. The fourth-order valence-electron chi connectivity index (χ4n) is 2.51. The standard InChI is InChI=1S/C18H16BrN3O3/c1-25-16-8-13(19)6-12(18(16)24)10-21-22-17(23)7-11-9-20-15-5-3-2-4-14(11)15/h2-6,8-10,20,24H,7H2,1H3,(H,22,23). The summed E-state index contributed by atoms with van der Waals surface area (Å²) >= 11 is 3.33. The van der Waals surface area contributed by atoms with Crippen molar-refractivity contribution in [3.8, 4) is 11.5 Å². The Bertz CT molecular complexity index is 950. The van der Waals surface area contributed by atoms with E-state index in [1.807, 2.05) is 30.5 Å². The van der Waals surface area contributed by atoms with E-state index in [2.05, 4.69) is 31.4 Å². The Kier molecular flexibility index (Phi) is 5.04. The number of phenolic OH excluding ortho intramolecular Hbond substituents is 1. The van der Waals surface area contributed by atoms with Crippen LogP contribution in [0.2, 0.25) is 0 Å². The molecule has 3 aromatic rings. The van der Waals surface area contributed by atoms with Gasteiger partial charge < -0.3 is 14.8 Å². The molecule has 0 fully saturated rings. The SMILES string of the molecule is COc1cc(Br)cc(C=NNC(=O)Cc2c[nH]c3ccccc23)c1O. The van der Waals surface area contributed by atoms with Gasteiger partial charge in [0.05, 0.1) is 19.7 Å². The van der Waals surface area contributed by atoms with Crippen LogP contribution < -0.4 is 10.2 Å². The van der Waals surface area contributed by atoms with Crippen molar-refractivity contribution in [3.63, 3.8) is 0 Å². The Morgan fingerprint density at radius 2 is 2.20 bits per heavy atom. The van der Waals surface area contributed by atoms with Gasteiger partial charge in [0.25, 0.3) is 0 Å². The zero-order valence-electron chi connectivity index (χ0n) is 13.4. The minimum atomic E-state index is -0.248. The highest BCUT2D eigenvalue weighted by Gasteiger charge is 2.09. The lowest BCUT2D eigenvalue weighted by atomic mass is 10.1. The smallest absolute Gasteiger partial charge is 0.244 e. The van der Waals surface area contributed by atoms with Crippen molar-refractivity contribution in [2.45, 2.75) is 6.42 Å². The van der Waals surface area contributed by atoms with E-state index in [9.17, 15) is 9.90 Å². The molecule has 7 heteroatoms. The number of fused-ring (bicyclic) bond motifs is 1. The summed E-state index contributed by atoms with van der Waals surface area (Å²) in [4.78, 5) is 15.2. The number of aromatic hydroxyl groups is 1. The molecule has 0 atom stereocenters. The number of aromatic nitrogens is 1. The second-order valence-electron chi connectivity index (χ2n) is 5.38. The van der Waals surface area contributed by atoms with Crippen molar-refractivity contribution in [1.82, 2.24) is 10.4 Å². The quantitative estimate of drug-likeness (QED) is 0.452. The Labute approximate surface area is 152 Å². The van der Waals surface area contributed by atoms with Crippen LogP contribution in [0.15, 0.2) is 52.2 Å². The molecule has 0 saturated heterocycles. The van der Waals surface area contributed by atoms with Gasteiger partial charge in [-0.05, 0) is 23.8 Å². The van der Waals surface area contributed by atoms with Crippen molar-refractivity contribution in [2.75, 3.05) is 7.11 Å². The van der Waals surface area contributed by atoms with Crippen molar-refractivity contribution < 1.29 is 14.6 Å². The number of benzene rings is 2. The van der Waals surface area contributed by atoms with Gasteiger partial charge in [0, 0.05) is 27.1 Å². The molecular formula is C18H16BrN3O3. The summed E-state index contributed by atoms with van der Waals surface area (Å²) in [5, 5.41) is 15.0. The average Bonchev–Trinajstić information content (AvgIpc) is 3.00. The predicted octanol–water partition coefficient (Wildman–Crippen LogP) is 3.34. The van der Waals surface area contributed by atoms with Crippen LogP contribution in [0.5, 0.6) is 11.5 Å². The number of H-pyrrole nitrogens is 1. The number of para-hydroxylation sites is 1. The van der Waals surface area contributed by atoms with E-state index in [1.165, 1.54) is 13.3 Å². The summed E-state index contributed by atoms with van der Waals surface area (Å²) in [7, 11) is 1.46. The molecule has 6 nitrogen and oxygen atoms in total. The molecule has 0 radical (unpaired) electrons. The summed E-state index contributed by atoms with van der Waals surface area (Å²) in [6.45, 7) is 0. The normalized spacial score (nSPS) is 11.1. The molecule has 0 aliphatic carbocycles. The molecule has 0 bridgehead atoms. The zero-order valence-corrected chi connectivity index (χ0v) is 15.0. The molecule has 0 aliphatic rings. The largest absolute Gasteiger partial charge is 0.504 e. The number of methoxy groups -OCH3 is 1. The number of phenols is 1. The average molecular weight is 402 g/mol. The second kappa shape index (κ2) is 7.40. The molecule has 1 amide bonds. The van der Waals surface area contributed by atoms with Crippen molar-refractivity contribution in [1.29, 1.82) is 0 Å². The van der Waals surface area contributed by atoms with Crippen LogP contribution in [0.25, 0.3) is 10.9 Å². The van der Waals surface area contributed by atoms with Crippen LogP contribution in [-0.2, 0) is 11.2 Å². The topological polar surface area (TPSA) is 86.7 Å². The van der Waals surface area contributed by atoms with Gasteiger partial charge in [-0.25, -0.2) is 5.43 Å². The lowest BCUT2D eigenvalue weighted by Gasteiger charge is -2.06. The number of ether oxygens (including phenoxy) is 1. The van der Waals surface area contributed by atoms with E-state index < -0.39 is 0 Å². The molecule has 2 aromatic carbocycles. The van der Waals surface area contributed by atoms with E-state index in [0.717, 1.165) is 20.9 Å². The molecule has 0 saturated carbocycles. The van der Waals surface area contributed by atoms with Crippen LogP contribution in [0.3, 0.4) is 0 Å². The van der Waals surface area contributed by atoms with E-state index >= 15 is 0 Å². The van der Waals surface area contributed by atoms with Crippen molar-refractivity contribution >= 4 is 39.0 Å². The molecule has 3 rings (SSSR count). The molecule has 0 unspecified atom stereocenters. The Balaban J connectivity index is 1.68. The fourth-order valence-corrected chi connectivity index (χ4v) is 2.97. The number of nitrogens with zero attached hydrogens (tertiary/aromatic N) is 1. The number of amides is 1. The molecule has 1 aromatic heterocycles. The third-order valence-electron chi connectivity index (χ3n) is 3.71. The van der Waals surface area contributed by atoms with Gasteiger partial charge in [-0.3, -0.25) is 4.79 Å². The van der Waals surface area contributed by atoms with Gasteiger partial charge in [-0.2, -0.15) is 5.10 Å². The van der Waals surface area contributed by atoms with Gasteiger partial charge in [-0.1, -0.05) is 34.1 Å². The number of aromatic amines is 1. The number of rotatable bonds is 5. The molecule has 1 heterocycles. The first-order valence-corrected chi connectivity index (χ1v) is 8.31. The zero-order chi connectivity index (χ0) is 17.8. The number of hydrogen-bond donors (Lipinski definition) is 3. The highest BCUT2D eigenvalue weighted by atomic mass is 79.9. The number of hydrogen-bond acceptors (Lipinski definition) is 4. The lowest BCUT2D eigenvalue weighted by molar-refractivity contribution is -0.120. The molecular weight excluding hydrogens is 386 g/mol. The molecule has 128 valence electrons. The minimum absolute atomic E-state index is 0.0414. The summed E-state index contributed by atoms with van der Waals surface area (Å²) in [5.41, 5.74) is 4.78. The number of nitrogens with one attached hydrogen (secondary N) is 2. The molecule has 3 N–H and O–H groups in total. The van der Waals surface area contributed by atoms with Gasteiger partial charge in [0.15, 0.2) is 11.5 Å². The fraction of sp³-hybridized carbons (Fsp3) is 0.111. The van der Waals surface area contributed by atoms with Gasteiger partial charge in [0.2, 0.25) is 5.91 Å². The maximum Gasteiger partial charge on any atom is 0.244 e. The van der Waals surface area contributed by atoms with E-state index in [0.29, 0.717) is 11.3 Å². The lowest BCUT2D eigenvalue weighted by Crippen LogP contribution is -2.19. The Hall–Kier alpha value is -2.80. The van der Waals surface area contributed by atoms with Crippen LogP contribution in [0, 0.1) is 0 Å². The third kappa shape index (κ3) is 3.83. The minimum Gasteiger partial charge on any atom is -0.504 e. The van der Waals surface area contributed by atoms with Crippen LogP contribution >= 0.6 is 15.9 Å². The highest BCUT2D eigenvalue weighted by Crippen LogP contribution is 2.32. The summed E-state index contributed by atoms with van der Waals surface area (Å²) < 4.78 is 5.80. The molecule has 0 aliphatic heterocycles. The maximum atomic E-state index is 12.1. The first-order chi connectivity index (χ1) is 12.1. The number of halogens is 1. The molecule has 25 heavy (non-hydrogen) atoms. The van der Waals surface area contributed by atoms with E-state index in [4.69, 9.17) is 4.74 Å². The number of carbonyl (C=O) groups is 1. The first kappa shape index (κ1) is 17.0. The van der Waals surface area contributed by atoms with Gasteiger partial charge in [-0.15, -0.1) is 0 Å². The highest BCUT2D eigenvalue weighted by molar-refractivity contribution is 9.10. The van der Waals surface area contributed by atoms with E-state index in [1.54, 1.807) is 12.1 Å².